The number of rotatable bonds is 2. The third kappa shape index (κ3) is 2.51. The van der Waals surface area contributed by atoms with Crippen molar-refractivity contribution in [2.75, 3.05) is 0 Å². The van der Waals surface area contributed by atoms with E-state index in [0.29, 0.717) is 11.5 Å². The molecular weight excluding hydrogens is 165 g/mol. The van der Waals surface area contributed by atoms with Crippen molar-refractivity contribution in [3.8, 4) is 0 Å². The predicted molar refractivity (Wildman–Crippen MR) is 52.5 cm³/mol. The molecule has 1 aromatic heterocycles. The Labute approximate surface area is 79.0 Å². The van der Waals surface area contributed by atoms with Crippen molar-refractivity contribution in [2.45, 2.75) is 39.3 Å². The first-order chi connectivity index (χ1) is 5.91. The molecule has 0 aromatic carbocycles. The van der Waals surface area contributed by atoms with Crippen LogP contribution in [0.25, 0.3) is 0 Å². The fourth-order valence-electron chi connectivity index (χ4n) is 1.10. The maximum atomic E-state index is 13.5. The van der Waals surface area contributed by atoms with E-state index in [2.05, 4.69) is 18.8 Å². The van der Waals surface area contributed by atoms with Crippen LogP contribution < -0.4 is 0 Å². The zero-order valence-electron chi connectivity index (χ0n) is 8.63. The van der Waals surface area contributed by atoms with Gasteiger partial charge in [0, 0.05) is 18.0 Å². The fraction of sp³-hybridized carbons (Fsp3) is 0.545. The predicted octanol–water partition coefficient (Wildman–Crippen LogP) is 3.41. The highest BCUT2D eigenvalue weighted by atomic mass is 19.1. The van der Waals surface area contributed by atoms with Crippen LogP contribution in [-0.4, -0.2) is 4.98 Å². The van der Waals surface area contributed by atoms with E-state index < -0.39 is 5.67 Å². The first kappa shape index (κ1) is 10.2. The standard InChI is InChI=1S/C11H16FN/c1-8(2)9-5-10(7-13-6-9)11(3,4)12/h5-8H,1-4H3. The molecule has 2 heteroatoms. The maximum absolute atomic E-state index is 13.5. The number of nitrogens with zero attached hydrogens (tertiary/aromatic N) is 1. The molecule has 1 rings (SSSR count). The van der Waals surface area contributed by atoms with E-state index in [1.807, 2.05) is 6.07 Å². The van der Waals surface area contributed by atoms with Crippen LogP contribution in [-0.2, 0) is 5.67 Å². The Morgan fingerprint density at radius 3 is 2.38 bits per heavy atom. The van der Waals surface area contributed by atoms with Crippen molar-refractivity contribution >= 4 is 0 Å². The summed E-state index contributed by atoms with van der Waals surface area (Å²) in [6.45, 7) is 7.25. The third-order valence-electron chi connectivity index (χ3n) is 2.11. The lowest BCUT2D eigenvalue weighted by atomic mass is 9.97. The van der Waals surface area contributed by atoms with Gasteiger partial charge >= 0.3 is 0 Å². The summed E-state index contributed by atoms with van der Waals surface area (Å²) >= 11 is 0. The Balaban J connectivity index is 3.06. The Morgan fingerprint density at radius 1 is 1.31 bits per heavy atom. The SMILES string of the molecule is CC(C)c1cncc(C(C)(C)F)c1. The zero-order valence-corrected chi connectivity index (χ0v) is 8.63. The molecule has 0 atom stereocenters. The van der Waals surface area contributed by atoms with Crippen LogP contribution in [0.15, 0.2) is 18.5 Å². The van der Waals surface area contributed by atoms with Gasteiger partial charge in [0.05, 0.1) is 0 Å². The van der Waals surface area contributed by atoms with Gasteiger partial charge in [0.1, 0.15) is 5.67 Å². The van der Waals surface area contributed by atoms with Crippen molar-refractivity contribution in [1.82, 2.24) is 4.98 Å². The van der Waals surface area contributed by atoms with Crippen LogP contribution in [0.3, 0.4) is 0 Å². The molecule has 0 aliphatic rings. The molecule has 0 unspecified atom stereocenters. The van der Waals surface area contributed by atoms with Gasteiger partial charge in [0.2, 0.25) is 0 Å². The van der Waals surface area contributed by atoms with E-state index in [1.165, 1.54) is 0 Å². The highest BCUT2D eigenvalue weighted by Crippen LogP contribution is 2.26. The van der Waals surface area contributed by atoms with Gasteiger partial charge in [-0.3, -0.25) is 4.98 Å². The Hall–Kier alpha value is -0.920. The van der Waals surface area contributed by atoms with Crippen LogP contribution >= 0.6 is 0 Å². The van der Waals surface area contributed by atoms with Crippen molar-refractivity contribution in [1.29, 1.82) is 0 Å². The summed E-state index contributed by atoms with van der Waals surface area (Å²) in [4.78, 5) is 4.03. The number of pyridine rings is 1. The van der Waals surface area contributed by atoms with E-state index >= 15 is 0 Å². The van der Waals surface area contributed by atoms with Gasteiger partial charge in [-0.1, -0.05) is 13.8 Å². The molecule has 0 amide bonds. The molecule has 1 aromatic rings. The zero-order chi connectivity index (χ0) is 10.1. The van der Waals surface area contributed by atoms with Gasteiger partial charge in [-0.25, -0.2) is 4.39 Å². The average molecular weight is 181 g/mol. The van der Waals surface area contributed by atoms with Crippen molar-refractivity contribution in [2.24, 2.45) is 0 Å². The van der Waals surface area contributed by atoms with E-state index in [4.69, 9.17) is 0 Å². The van der Waals surface area contributed by atoms with E-state index in [1.54, 1.807) is 26.2 Å². The molecule has 13 heavy (non-hydrogen) atoms. The van der Waals surface area contributed by atoms with Gasteiger partial charge in [-0.15, -0.1) is 0 Å². The molecule has 1 nitrogen and oxygen atoms in total. The van der Waals surface area contributed by atoms with E-state index in [-0.39, 0.29) is 0 Å². The lowest BCUT2D eigenvalue weighted by Crippen LogP contribution is -2.10. The van der Waals surface area contributed by atoms with Gasteiger partial charge in [0.15, 0.2) is 0 Å². The number of hydrogen-bond acceptors (Lipinski definition) is 1. The molecule has 1 heterocycles. The minimum Gasteiger partial charge on any atom is -0.264 e. The number of halogens is 1. The third-order valence-corrected chi connectivity index (χ3v) is 2.11. The second-order valence-electron chi connectivity index (χ2n) is 4.13. The fourth-order valence-corrected chi connectivity index (χ4v) is 1.10. The topological polar surface area (TPSA) is 12.9 Å². The largest absolute Gasteiger partial charge is 0.264 e. The Kier molecular flexibility index (Phi) is 2.69. The first-order valence-electron chi connectivity index (χ1n) is 4.55. The van der Waals surface area contributed by atoms with Gasteiger partial charge in [-0.2, -0.15) is 0 Å². The number of alkyl halides is 1. The second-order valence-corrected chi connectivity index (χ2v) is 4.13. The van der Waals surface area contributed by atoms with Crippen molar-refractivity contribution in [3.05, 3.63) is 29.6 Å². The summed E-state index contributed by atoms with van der Waals surface area (Å²) in [7, 11) is 0. The summed E-state index contributed by atoms with van der Waals surface area (Å²) in [5.74, 6) is 0.398. The quantitative estimate of drug-likeness (QED) is 0.681. The molecule has 0 bridgehead atoms. The van der Waals surface area contributed by atoms with Crippen LogP contribution in [0, 0.1) is 0 Å². The number of aromatic nitrogens is 1. The maximum Gasteiger partial charge on any atom is 0.131 e. The molecule has 0 saturated heterocycles. The number of hydrogen-bond donors (Lipinski definition) is 0. The molecule has 0 radical (unpaired) electrons. The van der Waals surface area contributed by atoms with Crippen LogP contribution in [0.4, 0.5) is 4.39 Å². The van der Waals surface area contributed by atoms with Gasteiger partial charge in [-0.05, 0) is 31.4 Å². The summed E-state index contributed by atoms with van der Waals surface area (Å²) < 4.78 is 13.5. The molecule has 0 spiro atoms. The smallest absolute Gasteiger partial charge is 0.131 e. The van der Waals surface area contributed by atoms with E-state index in [9.17, 15) is 4.39 Å². The van der Waals surface area contributed by atoms with Crippen LogP contribution in [0.2, 0.25) is 0 Å². The summed E-state index contributed by atoms with van der Waals surface area (Å²) in [6, 6.07) is 1.89. The second kappa shape index (κ2) is 3.44. The highest BCUT2D eigenvalue weighted by molar-refractivity contribution is 5.24. The first-order valence-corrected chi connectivity index (χ1v) is 4.55. The Morgan fingerprint density at radius 2 is 1.92 bits per heavy atom. The summed E-state index contributed by atoms with van der Waals surface area (Å²) in [6.07, 6.45) is 3.38. The monoisotopic (exact) mass is 181 g/mol. The minimum absolute atomic E-state index is 0.398. The van der Waals surface area contributed by atoms with Gasteiger partial charge in [0.25, 0.3) is 0 Å². The molecule has 0 N–H and O–H groups in total. The molecule has 0 aliphatic carbocycles. The van der Waals surface area contributed by atoms with E-state index in [0.717, 1.165) is 5.56 Å². The summed E-state index contributed by atoms with van der Waals surface area (Å²) in [5, 5.41) is 0. The molecular formula is C11H16FN. The highest BCUT2D eigenvalue weighted by Gasteiger charge is 2.19. The minimum atomic E-state index is -1.29. The molecule has 0 saturated carbocycles. The summed E-state index contributed by atoms with van der Waals surface area (Å²) in [5.41, 5.74) is 0.444. The molecule has 0 aliphatic heterocycles. The lowest BCUT2D eigenvalue weighted by molar-refractivity contribution is 0.220. The molecule has 72 valence electrons. The van der Waals surface area contributed by atoms with Crippen molar-refractivity contribution < 1.29 is 4.39 Å². The Bertz CT molecular complexity index is 286. The lowest BCUT2D eigenvalue weighted by Gasteiger charge is -2.15. The van der Waals surface area contributed by atoms with Crippen LogP contribution in [0.1, 0.15) is 44.7 Å². The van der Waals surface area contributed by atoms with Gasteiger partial charge < -0.3 is 0 Å². The normalized spacial score (nSPS) is 12.2. The van der Waals surface area contributed by atoms with Crippen LogP contribution in [0.5, 0.6) is 0 Å². The average Bonchev–Trinajstić information content (AvgIpc) is 2.03. The van der Waals surface area contributed by atoms with Crippen molar-refractivity contribution in [3.63, 3.8) is 0 Å². The molecule has 0 fully saturated rings.